The summed E-state index contributed by atoms with van der Waals surface area (Å²) in [4.78, 5) is 14.3. The standard InChI is InChI=1S/C15H14FN5/c16-12-8-19-14(20-9-12)21-7-3-5-15(10-17,11-21)13-4-1-2-6-18-13/h1-2,4,6,8-9H,3,5,7,11H2. The molecule has 21 heavy (non-hydrogen) atoms. The van der Waals surface area contributed by atoms with Gasteiger partial charge in [-0.05, 0) is 25.0 Å². The van der Waals surface area contributed by atoms with Gasteiger partial charge in [-0.1, -0.05) is 6.07 Å². The van der Waals surface area contributed by atoms with E-state index in [1.165, 1.54) is 0 Å². The van der Waals surface area contributed by atoms with Crippen LogP contribution < -0.4 is 4.90 Å². The third-order valence-electron chi connectivity index (χ3n) is 3.75. The van der Waals surface area contributed by atoms with Crippen molar-refractivity contribution in [2.45, 2.75) is 18.3 Å². The Balaban J connectivity index is 1.91. The van der Waals surface area contributed by atoms with Crippen molar-refractivity contribution in [2.24, 2.45) is 0 Å². The first-order chi connectivity index (χ1) is 10.2. The van der Waals surface area contributed by atoms with Gasteiger partial charge in [-0.3, -0.25) is 4.98 Å². The lowest BCUT2D eigenvalue weighted by Gasteiger charge is -2.37. The van der Waals surface area contributed by atoms with Crippen molar-refractivity contribution < 1.29 is 4.39 Å². The SMILES string of the molecule is N#CC1(c2ccccn2)CCCN(c2ncc(F)cn2)C1. The molecule has 1 atom stereocenters. The molecule has 0 saturated carbocycles. The molecule has 0 radical (unpaired) electrons. The summed E-state index contributed by atoms with van der Waals surface area (Å²) in [6.45, 7) is 1.22. The average Bonchev–Trinajstić information content (AvgIpc) is 2.56. The molecule has 0 aromatic carbocycles. The molecule has 2 aromatic rings. The highest BCUT2D eigenvalue weighted by Gasteiger charge is 2.39. The third-order valence-corrected chi connectivity index (χ3v) is 3.75. The van der Waals surface area contributed by atoms with Crippen LogP contribution in [0.5, 0.6) is 0 Å². The fourth-order valence-electron chi connectivity index (χ4n) is 2.70. The van der Waals surface area contributed by atoms with Crippen LogP contribution in [0.4, 0.5) is 10.3 Å². The molecule has 1 saturated heterocycles. The van der Waals surface area contributed by atoms with Crippen LogP contribution in [0.3, 0.4) is 0 Å². The number of anilines is 1. The molecular formula is C15H14FN5. The first-order valence-corrected chi connectivity index (χ1v) is 6.79. The molecule has 1 aliphatic heterocycles. The molecular weight excluding hydrogens is 269 g/mol. The van der Waals surface area contributed by atoms with Gasteiger partial charge in [0.2, 0.25) is 5.95 Å². The van der Waals surface area contributed by atoms with Crippen molar-refractivity contribution in [2.75, 3.05) is 18.0 Å². The van der Waals surface area contributed by atoms with E-state index >= 15 is 0 Å². The van der Waals surface area contributed by atoms with Gasteiger partial charge >= 0.3 is 0 Å². The van der Waals surface area contributed by atoms with Gasteiger partial charge in [0, 0.05) is 19.3 Å². The second-order valence-electron chi connectivity index (χ2n) is 5.14. The highest BCUT2D eigenvalue weighted by molar-refractivity contribution is 5.38. The van der Waals surface area contributed by atoms with Crippen molar-refractivity contribution in [1.82, 2.24) is 15.0 Å². The minimum Gasteiger partial charge on any atom is -0.339 e. The lowest BCUT2D eigenvalue weighted by molar-refractivity contribution is 0.411. The number of piperidine rings is 1. The molecule has 1 unspecified atom stereocenters. The fraction of sp³-hybridized carbons (Fsp3) is 0.333. The molecule has 1 aliphatic rings. The van der Waals surface area contributed by atoms with Crippen LogP contribution >= 0.6 is 0 Å². The van der Waals surface area contributed by atoms with E-state index in [2.05, 4.69) is 21.0 Å². The van der Waals surface area contributed by atoms with Crippen LogP contribution in [0.25, 0.3) is 0 Å². The summed E-state index contributed by atoms with van der Waals surface area (Å²) in [5.41, 5.74) is 0.0939. The van der Waals surface area contributed by atoms with Crippen molar-refractivity contribution in [3.05, 3.63) is 48.3 Å². The van der Waals surface area contributed by atoms with Crippen LogP contribution in [0, 0.1) is 17.1 Å². The Hall–Kier alpha value is -2.55. The smallest absolute Gasteiger partial charge is 0.225 e. The molecule has 3 rings (SSSR count). The molecule has 0 aliphatic carbocycles. The summed E-state index contributed by atoms with van der Waals surface area (Å²) in [6, 6.07) is 8.00. The number of hydrogen-bond donors (Lipinski definition) is 0. The highest BCUT2D eigenvalue weighted by Crippen LogP contribution is 2.33. The summed E-state index contributed by atoms with van der Waals surface area (Å²) in [5, 5.41) is 9.69. The van der Waals surface area contributed by atoms with E-state index in [1.54, 1.807) is 6.20 Å². The van der Waals surface area contributed by atoms with E-state index in [4.69, 9.17) is 0 Å². The number of nitrogens with zero attached hydrogens (tertiary/aromatic N) is 5. The number of nitriles is 1. The predicted molar refractivity (Wildman–Crippen MR) is 75.0 cm³/mol. The Morgan fingerprint density at radius 2 is 2.05 bits per heavy atom. The second kappa shape index (κ2) is 5.44. The number of rotatable bonds is 2. The maximum Gasteiger partial charge on any atom is 0.225 e. The summed E-state index contributed by atoms with van der Waals surface area (Å²) in [6.07, 6.45) is 5.57. The number of halogens is 1. The number of pyridine rings is 1. The fourth-order valence-corrected chi connectivity index (χ4v) is 2.70. The monoisotopic (exact) mass is 283 g/mol. The minimum absolute atomic E-state index is 0.451. The van der Waals surface area contributed by atoms with Gasteiger partial charge in [0.1, 0.15) is 5.41 Å². The summed E-state index contributed by atoms with van der Waals surface area (Å²) >= 11 is 0. The lowest BCUT2D eigenvalue weighted by atomic mass is 9.78. The maximum absolute atomic E-state index is 12.9. The van der Waals surface area contributed by atoms with Gasteiger partial charge in [0.05, 0.1) is 24.2 Å². The molecule has 106 valence electrons. The molecule has 0 bridgehead atoms. The van der Waals surface area contributed by atoms with E-state index in [1.807, 2.05) is 23.1 Å². The van der Waals surface area contributed by atoms with E-state index < -0.39 is 11.2 Å². The summed E-state index contributed by atoms with van der Waals surface area (Å²) < 4.78 is 12.9. The van der Waals surface area contributed by atoms with Gasteiger partial charge in [-0.15, -0.1) is 0 Å². The van der Waals surface area contributed by atoms with Gasteiger partial charge in [-0.25, -0.2) is 14.4 Å². The zero-order valence-corrected chi connectivity index (χ0v) is 11.4. The maximum atomic E-state index is 12.9. The van der Waals surface area contributed by atoms with E-state index in [0.717, 1.165) is 37.5 Å². The van der Waals surface area contributed by atoms with Gasteiger partial charge < -0.3 is 4.90 Å². The first kappa shape index (κ1) is 13.4. The van der Waals surface area contributed by atoms with E-state index in [0.29, 0.717) is 12.5 Å². The van der Waals surface area contributed by atoms with E-state index in [-0.39, 0.29) is 0 Å². The number of aromatic nitrogens is 3. The zero-order valence-electron chi connectivity index (χ0n) is 11.4. The van der Waals surface area contributed by atoms with Gasteiger partial charge in [0.15, 0.2) is 5.82 Å². The van der Waals surface area contributed by atoms with Crippen LogP contribution in [0.15, 0.2) is 36.8 Å². The van der Waals surface area contributed by atoms with Crippen LogP contribution in [-0.2, 0) is 5.41 Å². The molecule has 0 amide bonds. The Morgan fingerprint density at radius 3 is 2.71 bits per heavy atom. The molecule has 6 heteroatoms. The van der Waals surface area contributed by atoms with Gasteiger partial charge in [0.25, 0.3) is 0 Å². The average molecular weight is 283 g/mol. The van der Waals surface area contributed by atoms with Crippen LogP contribution in [0.2, 0.25) is 0 Å². The summed E-state index contributed by atoms with van der Waals surface area (Å²) in [7, 11) is 0. The Morgan fingerprint density at radius 1 is 1.24 bits per heavy atom. The van der Waals surface area contributed by atoms with Crippen LogP contribution in [0.1, 0.15) is 18.5 Å². The molecule has 0 N–H and O–H groups in total. The molecule has 0 spiro atoms. The van der Waals surface area contributed by atoms with Crippen LogP contribution in [-0.4, -0.2) is 28.0 Å². The number of hydrogen-bond acceptors (Lipinski definition) is 5. The third kappa shape index (κ3) is 2.55. The van der Waals surface area contributed by atoms with Gasteiger partial charge in [-0.2, -0.15) is 5.26 Å². The zero-order chi connectivity index (χ0) is 14.7. The summed E-state index contributed by atoms with van der Waals surface area (Å²) in [5.74, 6) is -0.0151. The molecule has 2 aromatic heterocycles. The Labute approximate surface area is 122 Å². The molecule has 5 nitrogen and oxygen atoms in total. The normalized spacial score (nSPS) is 21.8. The molecule has 1 fully saturated rings. The lowest BCUT2D eigenvalue weighted by Crippen LogP contribution is -2.46. The molecule has 3 heterocycles. The highest BCUT2D eigenvalue weighted by atomic mass is 19.1. The topological polar surface area (TPSA) is 65.7 Å². The second-order valence-corrected chi connectivity index (χ2v) is 5.14. The Kier molecular flexibility index (Phi) is 3.48. The van der Waals surface area contributed by atoms with Crippen molar-refractivity contribution >= 4 is 5.95 Å². The van der Waals surface area contributed by atoms with Crippen molar-refractivity contribution in [1.29, 1.82) is 5.26 Å². The Bertz CT molecular complexity index is 652. The predicted octanol–water partition coefficient (Wildman–Crippen LogP) is 2.07. The largest absolute Gasteiger partial charge is 0.339 e. The minimum atomic E-state index is -0.669. The van der Waals surface area contributed by atoms with E-state index in [9.17, 15) is 9.65 Å². The van der Waals surface area contributed by atoms with Crippen molar-refractivity contribution in [3.8, 4) is 6.07 Å². The first-order valence-electron chi connectivity index (χ1n) is 6.79. The quantitative estimate of drug-likeness (QED) is 0.844. The van der Waals surface area contributed by atoms with Crippen molar-refractivity contribution in [3.63, 3.8) is 0 Å².